The molecule has 0 bridgehead atoms. The quantitative estimate of drug-likeness (QED) is 0.905. The summed E-state index contributed by atoms with van der Waals surface area (Å²) in [7, 11) is 0. The lowest BCUT2D eigenvalue weighted by Crippen LogP contribution is -2.39. The lowest BCUT2D eigenvalue weighted by atomic mass is 9.95. The Labute approximate surface area is 136 Å². The molecule has 1 aliphatic heterocycles. The van der Waals surface area contributed by atoms with E-state index in [1.165, 1.54) is 18.4 Å². The van der Waals surface area contributed by atoms with Gasteiger partial charge >= 0.3 is 6.09 Å². The third-order valence-corrected chi connectivity index (χ3v) is 5.01. The van der Waals surface area contributed by atoms with Gasteiger partial charge in [-0.25, -0.2) is 4.79 Å². The number of amides is 1. The summed E-state index contributed by atoms with van der Waals surface area (Å²) in [6.45, 7) is 4.77. The van der Waals surface area contributed by atoms with E-state index in [4.69, 9.17) is 16.3 Å². The number of nitrogens with zero attached hydrogens (tertiary/aromatic N) is 1. The zero-order valence-electron chi connectivity index (χ0n) is 13.0. The minimum Gasteiger partial charge on any atom is -0.450 e. The van der Waals surface area contributed by atoms with Gasteiger partial charge in [-0.2, -0.15) is 0 Å². The zero-order chi connectivity index (χ0) is 15.6. The number of carbonyl (C=O) groups is 1. The van der Waals surface area contributed by atoms with Crippen molar-refractivity contribution in [3.63, 3.8) is 0 Å². The first kappa shape index (κ1) is 15.6. The molecule has 1 saturated heterocycles. The molecule has 1 aromatic carbocycles. The first-order valence-electron chi connectivity index (χ1n) is 8.04. The van der Waals surface area contributed by atoms with Crippen LogP contribution in [0.3, 0.4) is 0 Å². The van der Waals surface area contributed by atoms with Gasteiger partial charge in [-0.05, 0) is 43.9 Å². The standard InChI is InChI=1S/C17H23ClN2O2/c1-2-22-16(21)20-10-7-15(11-20)19-12-17(8-9-17)13-3-5-14(18)6-4-13/h3-6,15,19H,2,7-12H2,1H3. The summed E-state index contributed by atoms with van der Waals surface area (Å²) in [5.41, 5.74) is 1.63. The van der Waals surface area contributed by atoms with Crippen LogP contribution in [0.15, 0.2) is 24.3 Å². The van der Waals surface area contributed by atoms with Gasteiger partial charge in [0.05, 0.1) is 6.61 Å². The van der Waals surface area contributed by atoms with Gasteiger partial charge in [0.2, 0.25) is 0 Å². The predicted molar refractivity (Wildman–Crippen MR) is 87.4 cm³/mol. The number of benzene rings is 1. The maximum atomic E-state index is 11.7. The average Bonchev–Trinajstić information content (AvgIpc) is 3.15. The van der Waals surface area contributed by atoms with Gasteiger partial charge < -0.3 is 15.0 Å². The fraction of sp³-hybridized carbons (Fsp3) is 0.588. The van der Waals surface area contributed by atoms with Crippen molar-refractivity contribution in [3.8, 4) is 0 Å². The maximum absolute atomic E-state index is 11.7. The summed E-state index contributed by atoms with van der Waals surface area (Å²) < 4.78 is 5.06. The molecule has 1 aliphatic carbocycles. The number of hydrogen-bond acceptors (Lipinski definition) is 3. The van der Waals surface area contributed by atoms with Gasteiger partial charge in [0.1, 0.15) is 0 Å². The number of likely N-dealkylation sites (tertiary alicyclic amines) is 1. The lowest BCUT2D eigenvalue weighted by molar-refractivity contribution is 0.115. The van der Waals surface area contributed by atoms with Crippen molar-refractivity contribution in [2.24, 2.45) is 0 Å². The van der Waals surface area contributed by atoms with Crippen molar-refractivity contribution < 1.29 is 9.53 Å². The molecule has 1 saturated carbocycles. The molecule has 1 unspecified atom stereocenters. The number of rotatable bonds is 5. The molecule has 2 aliphatic rings. The SMILES string of the molecule is CCOC(=O)N1CCC(NCC2(c3ccc(Cl)cc3)CC2)C1. The van der Waals surface area contributed by atoms with Gasteiger partial charge in [0.25, 0.3) is 0 Å². The van der Waals surface area contributed by atoms with Crippen molar-refractivity contribution in [3.05, 3.63) is 34.9 Å². The summed E-state index contributed by atoms with van der Waals surface area (Å²) in [5.74, 6) is 0. The average molecular weight is 323 g/mol. The van der Waals surface area contributed by atoms with E-state index >= 15 is 0 Å². The number of ether oxygens (including phenoxy) is 1. The van der Waals surface area contributed by atoms with Crippen molar-refractivity contribution >= 4 is 17.7 Å². The van der Waals surface area contributed by atoms with E-state index < -0.39 is 0 Å². The Balaban J connectivity index is 1.51. The van der Waals surface area contributed by atoms with E-state index in [2.05, 4.69) is 17.4 Å². The number of carbonyl (C=O) groups excluding carboxylic acids is 1. The molecule has 1 aromatic rings. The first-order valence-corrected chi connectivity index (χ1v) is 8.42. The van der Waals surface area contributed by atoms with Gasteiger partial charge in [-0.1, -0.05) is 23.7 Å². The van der Waals surface area contributed by atoms with Crippen LogP contribution in [-0.2, 0) is 10.2 Å². The Hall–Kier alpha value is -1.26. The smallest absolute Gasteiger partial charge is 0.409 e. The molecule has 1 heterocycles. The topological polar surface area (TPSA) is 41.6 Å². The highest BCUT2D eigenvalue weighted by Gasteiger charge is 2.44. The minimum absolute atomic E-state index is 0.189. The van der Waals surface area contributed by atoms with E-state index in [0.29, 0.717) is 12.6 Å². The number of nitrogens with one attached hydrogen (secondary N) is 1. The summed E-state index contributed by atoms with van der Waals surface area (Å²) in [6.07, 6.45) is 3.24. The summed E-state index contributed by atoms with van der Waals surface area (Å²) >= 11 is 5.97. The fourth-order valence-corrected chi connectivity index (χ4v) is 3.30. The van der Waals surface area contributed by atoms with Crippen LogP contribution in [0.25, 0.3) is 0 Å². The second kappa shape index (κ2) is 6.47. The van der Waals surface area contributed by atoms with E-state index in [0.717, 1.165) is 31.1 Å². The van der Waals surface area contributed by atoms with Crippen molar-refractivity contribution in [2.45, 2.75) is 37.6 Å². The highest BCUT2D eigenvalue weighted by molar-refractivity contribution is 6.30. The first-order chi connectivity index (χ1) is 10.6. The molecule has 1 amide bonds. The Morgan fingerprint density at radius 3 is 2.77 bits per heavy atom. The van der Waals surface area contributed by atoms with Crippen LogP contribution in [-0.4, -0.2) is 43.3 Å². The molecular formula is C17H23ClN2O2. The van der Waals surface area contributed by atoms with Crippen LogP contribution in [0.1, 0.15) is 31.7 Å². The Bertz CT molecular complexity index is 528. The van der Waals surface area contributed by atoms with Crippen LogP contribution in [0.5, 0.6) is 0 Å². The number of halogens is 1. The van der Waals surface area contributed by atoms with Crippen molar-refractivity contribution in [1.82, 2.24) is 10.2 Å². The Morgan fingerprint density at radius 1 is 1.41 bits per heavy atom. The molecule has 3 rings (SSSR count). The van der Waals surface area contributed by atoms with Gasteiger partial charge in [-0.15, -0.1) is 0 Å². The van der Waals surface area contributed by atoms with Gasteiger partial charge in [0.15, 0.2) is 0 Å². The number of hydrogen-bond donors (Lipinski definition) is 1. The molecule has 1 N–H and O–H groups in total. The molecule has 0 aromatic heterocycles. The monoisotopic (exact) mass is 322 g/mol. The van der Waals surface area contributed by atoms with E-state index in [-0.39, 0.29) is 11.5 Å². The van der Waals surface area contributed by atoms with Crippen molar-refractivity contribution in [2.75, 3.05) is 26.2 Å². The molecule has 0 spiro atoms. The maximum Gasteiger partial charge on any atom is 0.409 e. The molecule has 5 heteroatoms. The molecular weight excluding hydrogens is 300 g/mol. The van der Waals surface area contributed by atoms with Crippen LogP contribution in [0.4, 0.5) is 4.79 Å². The van der Waals surface area contributed by atoms with Crippen LogP contribution in [0.2, 0.25) is 5.02 Å². The molecule has 1 atom stereocenters. The third-order valence-electron chi connectivity index (χ3n) is 4.75. The van der Waals surface area contributed by atoms with E-state index in [1.54, 1.807) is 4.90 Å². The summed E-state index contributed by atoms with van der Waals surface area (Å²) in [6, 6.07) is 8.58. The fourth-order valence-electron chi connectivity index (χ4n) is 3.17. The van der Waals surface area contributed by atoms with Crippen LogP contribution < -0.4 is 5.32 Å². The normalized spacial score (nSPS) is 22.6. The third kappa shape index (κ3) is 3.39. The van der Waals surface area contributed by atoms with E-state index in [1.807, 2.05) is 19.1 Å². The summed E-state index contributed by atoms with van der Waals surface area (Å²) in [4.78, 5) is 13.5. The second-order valence-corrected chi connectivity index (χ2v) is 6.74. The molecule has 2 fully saturated rings. The molecule has 120 valence electrons. The Morgan fingerprint density at radius 2 is 2.14 bits per heavy atom. The van der Waals surface area contributed by atoms with Crippen molar-refractivity contribution in [1.29, 1.82) is 0 Å². The lowest BCUT2D eigenvalue weighted by Gasteiger charge is -2.21. The molecule has 4 nitrogen and oxygen atoms in total. The highest BCUT2D eigenvalue weighted by atomic mass is 35.5. The summed E-state index contributed by atoms with van der Waals surface area (Å²) in [5, 5.41) is 4.43. The predicted octanol–water partition coefficient (Wildman–Crippen LogP) is 3.19. The molecule has 22 heavy (non-hydrogen) atoms. The highest BCUT2D eigenvalue weighted by Crippen LogP contribution is 2.47. The van der Waals surface area contributed by atoms with Crippen LogP contribution in [0, 0.1) is 0 Å². The Kier molecular flexibility index (Phi) is 4.59. The van der Waals surface area contributed by atoms with Crippen LogP contribution >= 0.6 is 11.6 Å². The van der Waals surface area contributed by atoms with Gasteiger partial charge in [0, 0.05) is 36.1 Å². The largest absolute Gasteiger partial charge is 0.450 e. The zero-order valence-corrected chi connectivity index (χ0v) is 13.7. The molecule has 0 radical (unpaired) electrons. The second-order valence-electron chi connectivity index (χ2n) is 6.30. The van der Waals surface area contributed by atoms with E-state index in [9.17, 15) is 4.79 Å². The van der Waals surface area contributed by atoms with Gasteiger partial charge in [-0.3, -0.25) is 0 Å². The minimum atomic E-state index is -0.189.